The monoisotopic (exact) mass is 245 g/mol. The van der Waals surface area contributed by atoms with Crippen molar-refractivity contribution in [3.8, 4) is 0 Å². The molecule has 2 unspecified atom stereocenters. The Kier molecular flexibility index (Phi) is 3.65. The predicted molar refractivity (Wildman–Crippen MR) is 75.6 cm³/mol. The van der Waals surface area contributed by atoms with Crippen LogP contribution in [0.5, 0.6) is 0 Å². The predicted octanol–water partition coefficient (Wildman–Crippen LogP) is 4.17. The molecule has 90 valence electrons. The van der Waals surface area contributed by atoms with Crippen molar-refractivity contribution in [3.63, 3.8) is 0 Å². The van der Waals surface area contributed by atoms with Crippen LogP contribution < -0.4 is 5.73 Å². The molecule has 0 aliphatic rings. The van der Waals surface area contributed by atoms with E-state index in [2.05, 4.69) is 51.1 Å². The number of hydrogen-bond acceptors (Lipinski definition) is 2. The zero-order valence-electron chi connectivity index (χ0n) is 10.6. The first kappa shape index (κ1) is 12.3. The third-order valence-electron chi connectivity index (χ3n) is 3.25. The van der Waals surface area contributed by atoms with E-state index in [9.17, 15) is 0 Å². The molecule has 2 rings (SSSR count). The van der Waals surface area contributed by atoms with Gasteiger partial charge in [0.1, 0.15) is 0 Å². The van der Waals surface area contributed by atoms with Crippen LogP contribution in [0.3, 0.4) is 0 Å². The number of nitrogens with two attached hydrogens (primary N) is 1. The molecule has 2 aromatic rings. The van der Waals surface area contributed by atoms with Crippen LogP contribution in [-0.2, 0) is 0 Å². The quantitative estimate of drug-likeness (QED) is 0.863. The van der Waals surface area contributed by atoms with E-state index in [0.717, 1.165) is 0 Å². The van der Waals surface area contributed by atoms with Crippen molar-refractivity contribution in [2.24, 2.45) is 5.73 Å². The molecule has 0 fully saturated rings. The maximum atomic E-state index is 6.40. The lowest BCUT2D eigenvalue weighted by Crippen LogP contribution is -2.17. The molecule has 0 aliphatic heterocycles. The number of aryl methyl sites for hydroxylation is 2. The molecule has 0 spiro atoms. The Morgan fingerprint density at radius 3 is 2.29 bits per heavy atom. The fraction of sp³-hybridized carbons (Fsp3) is 0.333. The molecule has 1 nitrogen and oxygen atoms in total. The van der Waals surface area contributed by atoms with E-state index >= 15 is 0 Å². The number of hydrogen-bond donors (Lipinski definition) is 1. The van der Waals surface area contributed by atoms with Crippen molar-refractivity contribution in [3.05, 3.63) is 57.3 Å². The molecular formula is C15H19NS. The van der Waals surface area contributed by atoms with Crippen LogP contribution in [0.1, 0.15) is 39.8 Å². The van der Waals surface area contributed by atoms with Crippen molar-refractivity contribution < 1.29 is 0 Å². The second kappa shape index (κ2) is 5.03. The zero-order valence-corrected chi connectivity index (χ0v) is 11.4. The summed E-state index contributed by atoms with van der Waals surface area (Å²) in [5.41, 5.74) is 9.03. The van der Waals surface area contributed by atoms with Crippen molar-refractivity contribution in [2.75, 3.05) is 0 Å². The van der Waals surface area contributed by atoms with Gasteiger partial charge in [0.15, 0.2) is 0 Å². The van der Waals surface area contributed by atoms with Gasteiger partial charge in [0.2, 0.25) is 0 Å². The molecule has 0 amide bonds. The minimum Gasteiger partial charge on any atom is -0.323 e. The van der Waals surface area contributed by atoms with Crippen LogP contribution in [0.15, 0.2) is 36.4 Å². The first-order valence-corrected chi connectivity index (χ1v) is 6.78. The first-order chi connectivity index (χ1) is 8.09. The highest BCUT2D eigenvalue weighted by Gasteiger charge is 2.19. The summed E-state index contributed by atoms with van der Waals surface area (Å²) in [6.07, 6.45) is 0. The fourth-order valence-corrected chi connectivity index (χ4v) is 3.32. The molecule has 0 bridgehead atoms. The van der Waals surface area contributed by atoms with Gasteiger partial charge in [0, 0.05) is 21.7 Å². The maximum Gasteiger partial charge on any atom is 0.0459 e. The van der Waals surface area contributed by atoms with Gasteiger partial charge in [0.25, 0.3) is 0 Å². The van der Waals surface area contributed by atoms with Crippen LogP contribution in [0.25, 0.3) is 0 Å². The van der Waals surface area contributed by atoms with Crippen molar-refractivity contribution in [1.29, 1.82) is 0 Å². The molecule has 1 aromatic heterocycles. The molecule has 0 saturated heterocycles. The lowest BCUT2D eigenvalue weighted by molar-refractivity contribution is 0.605. The molecular weight excluding hydrogens is 226 g/mol. The molecule has 2 heteroatoms. The lowest BCUT2D eigenvalue weighted by atomic mass is 9.92. The minimum atomic E-state index is 0.0936. The topological polar surface area (TPSA) is 26.0 Å². The maximum absolute atomic E-state index is 6.40. The van der Waals surface area contributed by atoms with Gasteiger partial charge in [-0.1, -0.05) is 37.3 Å². The smallest absolute Gasteiger partial charge is 0.0459 e. The Morgan fingerprint density at radius 1 is 1.12 bits per heavy atom. The number of thiophene rings is 1. The first-order valence-electron chi connectivity index (χ1n) is 5.97. The molecule has 2 N–H and O–H groups in total. The van der Waals surface area contributed by atoms with Gasteiger partial charge in [-0.15, -0.1) is 11.3 Å². The summed E-state index contributed by atoms with van der Waals surface area (Å²) in [4.78, 5) is 2.66. The summed E-state index contributed by atoms with van der Waals surface area (Å²) in [5.74, 6) is 0.355. The average Bonchev–Trinajstić information content (AvgIpc) is 2.68. The lowest BCUT2D eigenvalue weighted by Gasteiger charge is -2.20. The third kappa shape index (κ3) is 2.59. The second-order valence-corrected chi connectivity index (χ2v) is 5.92. The van der Waals surface area contributed by atoms with E-state index in [0.29, 0.717) is 5.92 Å². The SMILES string of the molecule is Cc1cc(C)c(C(N)C(C)c2ccccc2)s1. The Hall–Kier alpha value is -1.12. The Balaban J connectivity index is 2.26. The summed E-state index contributed by atoms with van der Waals surface area (Å²) in [6.45, 7) is 6.49. The molecule has 0 radical (unpaired) electrons. The molecule has 1 aromatic carbocycles. The summed E-state index contributed by atoms with van der Waals surface area (Å²) in [5, 5.41) is 0. The van der Waals surface area contributed by atoms with E-state index in [1.807, 2.05) is 17.4 Å². The van der Waals surface area contributed by atoms with Crippen molar-refractivity contribution >= 4 is 11.3 Å². The Morgan fingerprint density at radius 2 is 1.76 bits per heavy atom. The second-order valence-electron chi connectivity index (χ2n) is 4.63. The molecule has 17 heavy (non-hydrogen) atoms. The fourth-order valence-electron chi connectivity index (χ4n) is 2.18. The number of benzene rings is 1. The highest BCUT2D eigenvalue weighted by atomic mass is 32.1. The van der Waals surface area contributed by atoms with E-state index < -0.39 is 0 Å². The van der Waals surface area contributed by atoms with E-state index in [4.69, 9.17) is 5.73 Å². The van der Waals surface area contributed by atoms with Crippen molar-refractivity contribution in [1.82, 2.24) is 0 Å². The summed E-state index contributed by atoms with van der Waals surface area (Å²) in [7, 11) is 0. The largest absolute Gasteiger partial charge is 0.323 e. The Bertz CT molecular complexity index is 487. The van der Waals surface area contributed by atoms with Gasteiger partial charge in [-0.25, -0.2) is 0 Å². The highest BCUT2D eigenvalue weighted by Crippen LogP contribution is 2.34. The standard InChI is InChI=1S/C15H19NS/c1-10-9-11(2)17-15(10)14(16)12(3)13-7-5-4-6-8-13/h4-9,12,14H,16H2,1-3H3. The van der Waals surface area contributed by atoms with Gasteiger partial charge in [-0.3, -0.25) is 0 Å². The van der Waals surface area contributed by atoms with Crippen LogP contribution >= 0.6 is 11.3 Å². The van der Waals surface area contributed by atoms with Gasteiger partial charge < -0.3 is 5.73 Å². The minimum absolute atomic E-state index is 0.0936. The Labute approximate surface area is 107 Å². The van der Waals surface area contributed by atoms with Gasteiger partial charge in [-0.2, -0.15) is 0 Å². The van der Waals surface area contributed by atoms with Crippen molar-refractivity contribution in [2.45, 2.75) is 32.7 Å². The number of rotatable bonds is 3. The van der Waals surface area contributed by atoms with Crippen LogP contribution in [0.2, 0.25) is 0 Å². The highest BCUT2D eigenvalue weighted by molar-refractivity contribution is 7.12. The normalized spacial score (nSPS) is 14.6. The molecule has 0 aliphatic carbocycles. The molecule has 2 atom stereocenters. The van der Waals surface area contributed by atoms with E-state index in [1.165, 1.54) is 20.9 Å². The summed E-state index contributed by atoms with van der Waals surface area (Å²) in [6, 6.07) is 12.8. The van der Waals surface area contributed by atoms with Crippen LogP contribution in [0, 0.1) is 13.8 Å². The van der Waals surface area contributed by atoms with E-state index in [1.54, 1.807) is 0 Å². The summed E-state index contributed by atoms with van der Waals surface area (Å²) < 4.78 is 0. The van der Waals surface area contributed by atoms with E-state index in [-0.39, 0.29) is 6.04 Å². The molecule has 0 saturated carbocycles. The molecule has 1 heterocycles. The van der Waals surface area contributed by atoms with Crippen LogP contribution in [0.4, 0.5) is 0 Å². The van der Waals surface area contributed by atoms with Gasteiger partial charge in [0.05, 0.1) is 0 Å². The third-order valence-corrected chi connectivity index (χ3v) is 4.50. The van der Waals surface area contributed by atoms with Gasteiger partial charge >= 0.3 is 0 Å². The zero-order chi connectivity index (χ0) is 12.4. The average molecular weight is 245 g/mol. The van der Waals surface area contributed by atoms with Crippen LogP contribution in [-0.4, -0.2) is 0 Å². The summed E-state index contributed by atoms with van der Waals surface area (Å²) >= 11 is 1.82. The van der Waals surface area contributed by atoms with Gasteiger partial charge in [-0.05, 0) is 31.0 Å².